The lowest BCUT2D eigenvalue weighted by molar-refractivity contribution is 0.0932. The Kier molecular flexibility index (Phi) is 5.42. The fourth-order valence-electron chi connectivity index (χ4n) is 1.69. The number of hydrogen-bond acceptors (Lipinski definition) is 3. The number of oxime groups is 1. The molecule has 0 bridgehead atoms. The fraction of sp³-hybridized carbons (Fsp3) is 0.385. The highest BCUT2D eigenvalue weighted by Crippen LogP contribution is 2.14. The predicted octanol–water partition coefficient (Wildman–Crippen LogP) is 1.92. The van der Waals surface area contributed by atoms with Gasteiger partial charge in [0.1, 0.15) is 17.5 Å². The molecule has 1 aromatic carbocycles. The average molecular weight is 285 g/mol. The molecule has 0 fully saturated rings. The summed E-state index contributed by atoms with van der Waals surface area (Å²) in [6.07, 6.45) is 0.657. The number of aryl methyl sites for hydroxylation is 1. The molecule has 0 aliphatic heterocycles. The Labute approximate surface area is 115 Å². The van der Waals surface area contributed by atoms with Crippen LogP contribution >= 0.6 is 0 Å². The number of hydrogen-bond donors (Lipinski definition) is 3. The molecule has 4 N–H and O–H groups in total. The van der Waals surface area contributed by atoms with E-state index in [4.69, 9.17) is 10.9 Å². The second kappa shape index (κ2) is 6.83. The van der Waals surface area contributed by atoms with E-state index in [1.54, 1.807) is 6.92 Å². The molecule has 0 saturated carbocycles. The van der Waals surface area contributed by atoms with E-state index in [0.717, 1.165) is 6.07 Å². The van der Waals surface area contributed by atoms with Gasteiger partial charge in [0.05, 0.1) is 5.56 Å². The van der Waals surface area contributed by atoms with Crippen LogP contribution in [0, 0.1) is 18.6 Å². The van der Waals surface area contributed by atoms with Gasteiger partial charge in [0.15, 0.2) is 0 Å². The smallest absolute Gasteiger partial charge is 0.254 e. The van der Waals surface area contributed by atoms with Gasteiger partial charge in [0.25, 0.3) is 5.91 Å². The van der Waals surface area contributed by atoms with Crippen LogP contribution in [0.15, 0.2) is 17.3 Å². The van der Waals surface area contributed by atoms with Crippen molar-refractivity contribution in [2.75, 3.05) is 0 Å². The molecule has 7 heteroatoms. The molecule has 1 amide bonds. The highest BCUT2D eigenvalue weighted by Gasteiger charge is 2.18. The first kappa shape index (κ1) is 15.9. The number of amides is 1. The molecule has 0 aromatic heterocycles. The van der Waals surface area contributed by atoms with E-state index in [1.807, 2.05) is 0 Å². The highest BCUT2D eigenvalue weighted by molar-refractivity contribution is 5.95. The summed E-state index contributed by atoms with van der Waals surface area (Å²) in [5.74, 6) is -2.33. The van der Waals surface area contributed by atoms with Crippen molar-refractivity contribution in [1.29, 1.82) is 0 Å². The van der Waals surface area contributed by atoms with Crippen LogP contribution in [0.2, 0.25) is 0 Å². The SMILES string of the molecule is CCC(C/C(N)=N/O)NC(=O)c1cc(C)c(F)cc1F. The van der Waals surface area contributed by atoms with E-state index < -0.39 is 23.6 Å². The van der Waals surface area contributed by atoms with Crippen molar-refractivity contribution < 1.29 is 18.8 Å². The van der Waals surface area contributed by atoms with Crippen molar-refractivity contribution in [2.45, 2.75) is 32.7 Å². The zero-order valence-corrected chi connectivity index (χ0v) is 11.3. The molecule has 0 heterocycles. The molecule has 20 heavy (non-hydrogen) atoms. The van der Waals surface area contributed by atoms with Crippen molar-refractivity contribution in [3.05, 3.63) is 34.9 Å². The van der Waals surface area contributed by atoms with E-state index in [-0.39, 0.29) is 23.4 Å². The Morgan fingerprint density at radius 1 is 1.45 bits per heavy atom. The zero-order valence-electron chi connectivity index (χ0n) is 11.3. The van der Waals surface area contributed by atoms with Gasteiger partial charge < -0.3 is 16.3 Å². The van der Waals surface area contributed by atoms with E-state index in [1.165, 1.54) is 6.92 Å². The van der Waals surface area contributed by atoms with Gasteiger partial charge in [0, 0.05) is 18.5 Å². The molecule has 0 saturated heterocycles. The van der Waals surface area contributed by atoms with Crippen molar-refractivity contribution in [3.63, 3.8) is 0 Å². The summed E-state index contributed by atoms with van der Waals surface area (Å²) in [6, 6.07) is 1.42. The van der Waals surface area contributed by atoms with Crippen molar-refractivity contribution in [2.24, 2.45) is 10.9 Å². The van der Waals surface area contributed by atoms with Crippen LogP contribution in [-0.4, -0.2) is 23.0 Å². The van der Waals surface area contributed by atoms with Gasteiger partial charge in [-0.05, 0) is 25.0 Å². The molecule has 110 valence electrons. The Morgan fingerprint density at radius 3 is 2.65 bits per heavy atom. The van der Waals surface area contributed by atoms with E-state index in [0.29, 0.717) is 12.5 Å². The molecule has 5 nitrogen and oxygen atoms in total. The summed E-state index contributed by atoms with van der Waals surface area (Å²) in [5.41, 5.74) is 5.31. The summed E-state index contributed by atoms with van der Waals surface area (Å²) in [5, 5.41) is 13.9. The molecule has 0 aliphatic rings. The van der Waals surface area contributed by atoms with E-state index >= 15 is 0 Å². The number of halogens is 2. The van der Waals surface area contributed by atoms with Gasteiger partial charge in [0.2, 0.25) is 0 Å². The molecule has 1 atom stereocenters. The topological polar surface area (TPSA) is 87.7 Å². The molecule has 1 rings (SSSR count). The van der Waals surface area contributed by atoms with Gasteiger partial charge in [-0.3, -0.25) is 4.79 Å². The lowest BCUT2D eigenvalue weighted by atomic mass is 10.1. The highest BCUT2D eigenvalue weighted by atomic mass is 19.1. The minimum absolute atomic E-state index is 0.0343. The minimum Gasteiger partial charge on any atom is -0.409 e. The predicted molar refractivity (Wildman–Crippen MR) is 70.7 cm³/mol. The van der Waals surface area contributed by atoms with Crippen LogP contribution in [0.1, 0.15) is 35.7 Å². The number of carbonyl (C=O) groups excluding carboxylic acids is 1. The number of amidine groups is 1. The first-order chi connectivity index (χ1) is 9.38. The normalized spacial score (nSPS) is 13.1. The molecular weight excluding hydrogens is 268 g/mol. The van der Waals surface area contributed by atoms with Crippen molar-refractivity contribution in [3.8, 4) is 0 Å². The van der Waals surface area contributed by atoms with Crippen molar-refractivity contribution in [1.82, 2.24) is 5.32 Å². The Balaban J connectivity index is 2.87. The summed E-state index contributed by atoms with van der Waals surface area (Å²) in [6.45, 7) is 3.24. The zero-order chi connectivity index (χ0) is 15.3. The van der Waals surface area contributed by atoms with Crippen molar-refractivity contribution >= 4 is 11.7 Å². The Hall–Kier alpha value is -2.18. The molecule has 0 radical (unpaired) electrons. The van der Waals surface area contributed by atoms with Gasteiger partial charge in [-0.15, -0.1) is 0 Å². The van der Waals surface area contributed by atoms with Crippen LogP contribution in [0.25, 0.3) is 0 Å². The summed E-state index contributed by atoms with van der Waals surface area (Å²) in [7, 11) is 0. The van der Waals surface area contributed by atoms with Gasteiger partial charge in [-0.25, -0.2) is 8.78 Å². The number of nitrogens with two attached hydrogens (primary N) is 1. The standard InChI is InChI=1S/C13H17F2N3O2/c1-3-8(5-12(16)18-20)17-13(19)9-4-7(2)10(14)6-11(9)15/h4,6,8,20H,3,5H2,1-2H3,(H2,16,18)(H,17,19). The number of nitrogens with one attached hydrogen (secondary N) is 1. The Morgan fingerprint density at radius 2 is 2.10 bits per heavy atom. The number of rotatable bonds is 5. The summed E-state index contributed by atoms with van der Waals surface area (Å²) < 4.78 is 26.7. The minimum atomic E-state index is -0.927. The maximum atomic E-state index is 13.6. The Bertz CT molecular complexity index is 533. The van der Waals surface area contributed by atoms with Gasteiger partial charge in [-0.2, -0.15) is 0 Å². The maximum Gasteiger partial charge on any atom is 0.254 e. The molecule has 1 aromatic rings. The number of nitrogens with zero attached hydrogens (tertiary/aromatic N) is 1. The maximum absolute atomic E-state index is 13.6. The van der Waals surface area contributed by atoms with E-state index in [9.17, 15) is 13.6 Å². The van der Waals surface area contributed by atoms with Crippen LogP contribution in [0.4, 0.5) is 8.78 Å². The number of benzene rings is 1. The van der Waals surface area contributed by atoms with Crippen LogP contribution in [-0.2, 0) is 0 Å². The quantitative estimate of drug-likeness (QED) is 0.334. The monoisotopic (exact) mass is 285 g/mol. The third-order valence-corrected chi connectivity index (χ3v) is 2.90. The largest absolute Gasteiger partial charge is 0.409 e. The molecule has 1 unspecified atom stereocenters. The lowest BCUT2D eigenvalue weighted by Gasteiger charge is -2.16. The third-order valence-electron chi connectivity index (χ3n) is 2.90. The van der Waals surface area contributed by atoms with E-state index in [2.05, 4.69) is 10.5 Å². The fourth-order valence-corrected chi connectivity index (χ4v) is 1.69. The van der Waals surface area contributed by atoms with Gasteiger partial charge in [-0.1, -0.05) is 12.1 Å². The lowest BCUT2D eigenvalue weighted by Crippen LogP contribution is -2.38. The summed E-state index contributed by atoms with van der Waals surface area (Å²) in [4.78, 5) is 12.0. The third kappa shape index (κ3) is 3.91. The van der Waals surface area contributed by atoms with Crippen LogP contribution in [0.5, 0.6) is 0 Å². The van der Waals surface area contributed by atoms with Gasteiger partial charge >= 0.3 is 0 Å². The van der Waals surface area contributed by atoms with Crippen LogP contribution in [0.3, 0.4) is 0 Å². The summed E-state index contributed by atoms with van der Waals surface area (Å²) >= 11 is 0. The second-order valence-electron chi connectivity index (χ2n) is 4.46. The molecule has 0 spiro atoms. The number of carbonyl (C=O) groups is 1. The molecular formula is C13H17F2N3O2. The average Bonchev–Trinajstić information content (AvgIpc) is 2.41. The van der Waals surface area contributed by atoms with Crippen LogP contribution < -0.4 is 11.1 Å². The first-order valence-electron chi connectivity index (χ1n) is 6.11. The first-order valence-corrected chi connectivity index (χ1v) is 6.11. The second-order valence-corrected chi connectivity index (χ2v) is 4.46. The molecule has 0 aliphatic carbocycles.